The lowest BCUT2D eigenvalue weighted by molar-refractivity contribution is 0.142. The number of nitrogens with one attached hydrogen (secondary N) is 1. The molecule has 2 heteroatoms. The van der Waals surface area contributed by atoms with Crippen LogP contribution in [-0.4, -0.2) is 37.1 Å². The van der Waals surface area contributed by atoms with E-state index in [2.05, 4.69) is 38.0 Å². The van der Waals surface area contributed by atoms with E-state index in [-0.39, 0.29) is 0 Å². The highest BCUT2D eigenvalue weighted by Crippen LogP contribution is 2.35. The van der Waals surface area contributed by atoms with Crippen LogP contribution < -0.4 is 5.32 Å². The number of hydrogen-bond donors (Lipinski definition) is 1. The van der Waals surface area contributed by atoms with Crippen LogP contribution in [0.4, 0.5) is 0 Å². The maximum absolute atomic E-state index is 3.45. The number of likely N-dealkylation sites (tertiary alicyclic amines) is 1. The Labute approximate surface area is 120 Å². The highest BCUT2D eigenvalue weighted by Gasteiger charge is 2.30. The van der Waals surface area contributed by atoms with E-state index >= 15 is 0 Å². The Balaban J connectivity index is 1.83. The van der Waals surface area contributed by atoms with Crippen molar-refractivity contribution in [1.29, 1.82) is 0 Å². The Kier molecular flexibility index (Phi) is 5.30. The number of rotatable bonds is 2. The van der Waals surface area contributed by atoms with Gasteiger partial charge in [0.2, 0.25) is 0 Å². The summed E-state index contributed by atoms with van der Waals surface area (Å²) in [6, 6.07) is 1.66. The van der Waals surface area contributed by atoms with Gasteiger partial charge in [0.1, 0.15) is 0 Å². The summed E-state index contributed by atoms with van der Waals surface area (Å²) in [6.07, 6.45) is 9.83. The molecule has 19 heavy (non-hydrogen) atoms. The molecule has 0 aromatic heterocycles. The molecule has 1 aliphatic heterocycles. The molecule has 2 aliphatic rings. The quantitative estimate of drug-likeness (QED) is 0.820. The van der Waals surface area contributed by atoms with E-state index in [0.717, 1.165) is 18.0 Å². The van der Waals surface area contributed by atoms with Crippen LogP contribution >= 0.6 is 0 Å². The normalized spacial score (nSPS) is 35.1. The predicted molar refractivity (Wildman–Crippen MR) is 83.5 cm³/mol. The van der Waals surface area contributed by atoms with Crippen molar-refractivity contribution in [3.05, 3.63) is 0 Å². The first-order valence-electron chi connectivity index (χ1n) is 8.42. The first-order valence-corrected chi connectivity index (χ1v) is 8.42. The molecule has 2 rings (SSSR count). The Morgan fingerprint density at radius 3 is 2.16 bits per heavy atom. The van der Waals surface area contributed by atoms with E-state index in [1.807, 2.05) is 0 Å². The van der Waals surface area contributed by atoms with Crippen LogP contribution in [0, 0.1) is 11.3 Å². The van der Waals surface area contributed by atoms with Crippen molar-refractivity contribution in [3.63, 3.8) is 0 Å². The molecule has 2 fully saturated rings. The van der Waals surface area contributed by atoms with Gasteiger partial charge in [-0.25, -0.2) is 0 Å². The third kappa shape index (κ3) is 4.19. The summed E-state index contributed by atoms with van der Waals surface area (Å²) in [6.45, 7) is 9.96. The molecule has 0 amide bonds. The summed E-state index contributed by atoms with van der Waals surface area (Å²) in [7, 11) is 2.12. The summed E-state index contributed by atoms with van der Waals surface area (Å²) in [4.78, 5) is 2.82. The van der Waals surface area contributed by atoms with Crippen LogP contribution in [0.1, 0.15) is 65.7 Å². The molecule has 2 nitrogen and oxygen atoms in total. The molecular weight excluding hydrogens is 232 g/mol. The van der Waals surface area contributed by atoms with E-state index in [4.69, 9.17) is 0 Å². The molecule has 0 radical (unpaired) electrons. The zero-order valence-corrected chi connectivity index (χ0v) is 13.5. The lowest BCUT2D eigenvalue weighted by atomic mass is 9.77. The lowest BCUT2D eigenvalue weighted by Gasteiger charge is -2.36. The van der Waals surface area contributed by atoms with Gasteiger partial charge in [-0.05, 0) is 76.4 Å². The van der Waals surface area contributed by atoms with Gasteiger partial charge in [-0.1, -0.05) is 20.8 Å². The minimum absolute atomic E-state index is 0.500. The average molecular weight is 266 g/mol. The molecule has 112 valence electrons. The SMILES string of the molecule is CNC1CCC(N2CCCC(C(C)(C)C)CC2)CC1. The van der Waals surface area contributed by atoms with Crippen molar-refractivity contribution in [2.45, 2.75) is 77.8 Å². The van der Waals surface area contributed by atoms with E-state index in [1.54, 1.807) is 0 Å². The fourth-order valence-electron chi connectivity index (χ4n) is 4.08. The highest BCUT2D eigenvalue weighted by atomic mass is 15.2. The highest BCUT2D eigenvalue weighted by molar-refractivity contribution is 4.85. The Morgan fingerprint density at radius 2 is 1.58 bits per heavy atom. The molecule has 1 atom stereocenters. The van der Waals surface area contributed by atoms with Crippen LogP contribution in [0.5, 0.6) is 0 Å². The second-order valence-corrected chi connectivity index (χ2v) is 7.82. The third-order valence-corrected chi connectivity index (χ3v) is 5.61. The zero-order chi connectivity index (χ0) is 13.9. The van der Waals surface area contributed by atoms with Gasteiger partial charge in [0.25, 0.3) is 0 Å². The van der Waals surface area contributed by atoms with Crippen LogP contribution in [-0.2, 0) is 0 Å². The Morgan fingerprint density at radius 1 is 0.895 bits per heavy atom. The van der Waals surface area contributed by atoms with E-state index in [1.165, 1.54) is 58.0 Å². The summed E-state index contributed by atoms with van der Waals surface area (Å²) in [5, 5.41) is 3.45. The van der Waals surface area contributed by atoms with Gasteiger partial charge in [-0.15, -0.1) is 0 Å². The second-order valence-electron chi connectivity index (χ2n) is 7.82. The molecule has 1 aliphatic carbocycles. The van der Waals surface area contributed by atoms with Crippen LogP contribution in [0.15, 0.2) is 0 Å². The molecule has 1 saturated heterocycles. The van der Waals surface area contributed by atoms with Crippen molar-refractivity contribution < 1.29 is 0 Å². The molecule has 1 unspecified atom stereocenters. The van der Waals surface area contributed by atoms with Crippen LogP contribution in [0.3, 0.4) is 0 Å². The summed E-state index contributed by atoms with van der Waals surface area (Å²) in [5.41, 5.74) is 0.500. The molecule has 0 aromatic rings. The number of nitrogens with zero attached hydrogens (tertiary/aromatic N) is 1. The van der Waals surface area contributed by atoms with Gasteiger partial charge in [0, 0.05) is 12.1 Å². The minimum atomic E-state index is 0.500. The molecule has 1 saturated carbocycles. The zero-order valence-electron chi connectivity index (χ0n) is 13.5. The molecule has 0 aromatic carbocycles. The van der Waals surface area contributed by atoms with Crippen LogP contribution in [0.2, 0.25) is 0 Å². The molecular formula is C17H34N2. The molecule has 1 heterocycles. The first kappa shape index (κ1) is 15.3. The minimum Gasteiger partial charge on any atom is -0.317 e. The Hall–Kier alpha value is -0.0800. The fourth-order valence-corrected chi connectivity index (χ4v) is 4.08. The smallest absolute Gasteiger partial charge is 0.00964 e. The third-order valence-electron chi connectivity index (χ3n) is 5.61. The fraction of sp³-hybridized carbons (Fsp3) is 1.00. The van der Waals surface area contributed by atoms with Crippen molar-refractivity contribution in [1.82, 2.24) is 10.2 Å². The van der Waals surface area contributed by atoms with Crippen LogP contribution in [0.25, 0.3) is 0 Å². The first-order chi connectivity index (χ1) is 9.00. The maximum atomic E-state index is 3.45. The van der Waals surface area contributed by atoms with Gasteiger partial charge in [-0.2, -0.15) is 0 Å². The predicted octanol–water partition coefficient (Wildman–Crippen LogP) is 3.67. The van der Waals surface area contributed by atoms with Gasteiger partial charge < -0.3 is 10.2 Å². The van der Waals surface area contributed by atoms with E-state index < -0.39 is 0 Å². The monoisotopic (exact) mass is 266 g/mol. The topological polar surface area (TPSA) is 15.3 Å². The van der Waals surface area contributed by atoms with Gasteiger partial charge in [0.05, 0.1) is 0 Å². The van der Waals surface area contributed by atoms with Gasteiger partial charge >= 0.3 is 0 Å². The lowest BCUT2D eigenvalue weighted by Crippen LogP contribution is -2.42. The summed E-state index contributed by atoms with van der Waals surface area (Å²) >= 11 is 0. The van der Waals surface area contributed by atoms with Crippen molar-refractivity contribution in [3.8, 4) is 0 Å². The van der Waals surface area contributed by atoms with E-state index in [9.17, 15) is 0 Å². The second kappa shape index (κ2) is 6.58. The van der Waals surface area contributed by atoms with Gasteiger partial charge in [-0.3, -0.25) is 0 Å². The van der Waals surface area contributed by atoms with Crippen molar-refractivity contribution >= 4 is 0 Å². The maximum Gasteiger partial charge on any atom is 0.00964 e. The number of hydrogen-bond acceptors (Lipinski definition) is 2. The van der Waals surface area contributed by atoms with Crippen molar-refractivity contribution in [2.24, 2.45) is 11.3 Å². The summed E-state index contributed by atoms with van der Waals surface area (Å²) in [5.74, 6) is 0.922. The van der Waals surface area contributed by atoms with E-state index in [0.29, 0.717) is 5.41 Å². The summed E-state index contributed by atoms with van der Waals surface area (Å²) < 4.78 is 0. The Bertz CT molecular complexity index is 261. The largest absolute Gasteiger partial charge is 0.317 e. The molecule has 0 spiro atoms. The molecule has 0 bridgehead atoms. The standard InChI is InChI=1S/C17H34N2/c1-17(2,3)14-6-5-12-19(13-11-14)16-9-7-15(18-4)8-10-16/h14-16,18H,5-13H2,1-4H3. The average Bonchev–Trinajstić information content (AvgIpc) is 2.64. The van der Waals surface area contributed by atoms with Crippen molar-refractivity contribution in [2.75, 3.05) is 20.1 Å². The molecule has 1 N–H and O–H groups in total. The van der Waals surface area contributed by atoms with Gasteiger partial charge in [0.15, 0.2) is 0 Å².